The van der Waals surface area contributed by atoms with E-state index in [-0.39, 0.29) is 23.1 Å². The molecule has 0 spiro atoms. The van der Waals surface area contributed by atoms with Gasteiger partial charge < -0.3 is 10.4 Å². The molecule has 0 saturated heterocycles. The molecule has 0 atom stereocenters. The van der Waals surface area contributed by atoms with E-state index in [1.54, 1.807) is 30.3 Å². The zero-order chi connectivity index (χ0) is 15.4. The molecule has 0 aliphatic rings. The molecule has 2 rings (SSSR count). The summed E-state index contributed by atoms with van der Waals surface area (Å²) in [7, 11) is 0. The summed E-state index contributed by atoms with van der Waals surface area (Å²) in [6.07, 6.45) is 0.772. The third-order valence-corrected chi connectivity index (χ3v) is 3.72. The Hall–Kier alpha value is -1.42. The number of amides is 1. The number of rotatable bonds is 4. The molecule has 2 N–H and O–H groups in total. The van der Waals surface area contributed by atoms with Crippen LogP contribution in [0.25, 0.3) is 0 Å². The molecule has 3 nitrogen and oxygen atoms in total. The summed E-state index contributed by atoms with van der Waals surface area (Å²) in [5.41, 5.74) is 1.35. The fourth-order valence-corrected chi connectivity index (χ4v) is 2.31. The maximum Gasteiger partial charge on any atom is 0.224 e. The lowest BCUT2D eigenvalue weighted by Gasteiger charge is -2.08. The monoisotopic (exact) mass is 343 g/mol. The van der Waals surface area contributed by atoms with Crippen molar-refractivity contribution in [1.29, 1.82) is 0 Å². The smallest absolute Gasteiger partial charge is 0.224 e. The van der Waals surface area contributed by atoms with Crippen LogP contribution in [0.15, 0.2) is 36.4 Å². The zero-order valence-corrected chi connectivity index (χ0v) is 13.1. The molecule has 0 radical (unpaired) electrons. The van der Waals surface area contributed by atoms with Crippen molar-refractivity contribution in [3.63, 3.8) is 0 Å². The van der Waals surface area contributed by atoms with Crippen molar-refractivity contribution in [3.8, 4) is 5.75 Å². The summed E-state index contributed by atoms with van der Waals surface area (Å²) in [5.74, 6) is -0.154. The Labute approximate surface area is 137 Å². The highest BCUT2D eigenvalue weighted by molar-refractivity contribution is 6.35. The molecule has 2 aromatic rings. The predicted octanol–water partition coefficient (Wildman–Crippen LogP) is 4.92. The topological polar surface area (TPSA) is 49.3 Å². The van der Waals surface area contributed by atoms with Crippen LogP contribution in [0, 0.1) is 0 Å². The fourth-order valence-electron chi connectivity index (χ4n) is 1.77. The molecule has 0 fully saturated rings. The minimum absolute atomic E-state index is 0.0237. The van der Waals surface area contributed by atoms with Crippen molar-refractivity contribution in [2.45, 2.75) is 12.8 Å². The Morgan fingerprint density at radius 3 is 2.52 bits per heavy atom. The number of aromatic hydroxyl groups is 1. The van der Waals surface area contributed by atoms with Crippen LogP contribution in [0.5, 0.6) is 5.75 Å². The lowest BCUT2D eigenvalue weighted by molar-refractivity contribution is -0.116. The van der Waals surface area contributed by atoms with Gasteiger partial charge in [0, 0.05) is 11.4 Å². The number of aryl methyl sites for hydroxylation is 1. The van der Waals surface area contributed by atoms with Gasteiger partial charge in [0.2, 0.25) is 5.91 Å². The Morgan fingerprint density at radius 1 is 1.05 bits per heavy atom. The van der Waals surface area contributed by atoms with E-state index in [0.29, 0.717) is 22.2 Å². The number of halogens is 3. The van der Waals surface area contributed by atoms with Crippen molar-refractivity contribution in [2.24, 2.45) is 0 Å². The number of hydrogen-bond acceptors (Lipinski definition) is 2. The van der Waals surface area contributed by atoms with E-state index in [2.05, 4.69) is 5.32 Å². The summed E-state index contributed by atoms with van der Waals surface area (Å²) in [6, 6.07) is 9.73. The van der Waals surface area contributed by atoms with E-state index in [4.69, 9.17) is 34.8 Å². The molecule has 0 heterocycles. The van der Waals surface area contributed by atoms with Crippen molar-refractivity contribution in [1.82, 2.24) is 0 Å². The first-order valence-electron chi connectivity index (χ1n) is 6.18. The second kappa shape index (κ2) is 7.03. The van der Waals surface area contributed by atoms with Crippen LogP contribution >= 0.6 is 34.8 Å². The first-order chi connectivity index (χ1) is 9.95. The number of anilines is 1. The molecular weight excluding hydrogens is 333 g/mol. The molecule has 0 aromatic heterocycles. The van der Waals surface area contributed by atoms with E-state index < -0.39 is 0 Å². The summed E-state index contributed by atoms with van der Waals surface area (Å²) >= 11 is 17.6. The molecule has 1 amide bonds. The van der Waals surface area contributed by atoms with Gasteiger partial charge in [-0.3, -0.25) is 4.79 Å². The van der Waals surface area contributed by atoms with Gasteiger partial charge in [-0.15, -0.1) is 0 Å². The molecule has 0 aliphatic carbocycles. The summed E-state index contributed by atoms with van der Waals surface area (Å²) in [5, 5.41) is 13.2. The largest absolute Gasteiger partial charge is 0.506 e. The summed E-state index contributed by atoms with van der Waals surface area (Å²) < 4.78 is 0. The zero-order valence-electron chi connectivity index (χ0n) is 10.9. The Kier molecular flexibility index (Phi) is 5.34. The van der Waals surface area contributed by atoms with E-state index >= 15 is 0 Å². The fraction of sp³-hybridized carbons (Fsp3) is 0.133. The van der Waals surface area contributed by atoms with Crippen LogP contribution < -0.4 is 5.32 Å². The van der Waals surface area contributed by atoms with E-state index in [0.717, 1.165) is 5.56 Å². The van der Waals surface area contributed by atoms with Gasteiger partial charge in [-0.1, -0.05) is 40.9 Å². The van der Waals surface area contributed by atoms with Gasteiger partial charge in [-0.2, -0.15) is 0 Å². The molecule has 0 unspecified atom stereocenters. The van der Waals surface area contributed by atoms with Crippen LogP contribution in [0.1, 0.15) is 12.0 Å². The van der Waals surface area contributed by atoms with Crippen LogP contribution in [0.4, 0.5) is 5.69 Å². The van der Waals surface area contributed by atoms with Gasteiger partial charge in [0.25, 0.3) is 0 Å². The number of phenolic OH excluding ortho intramolecular Hbond substituents is 1. The number of hydrogen-bond donors (Lipinski definition) is 2. The molecule has 6 heteroatoms. The van der Waals surface area contributed by atoms with Gasteiger partial charge in [0.15, 0.2) is 0 Å². The highest BCUT2D eigenvalue weighted by Crippen LogP contribution is 2.26. The normalized spacial score (nSPS) is 10.4. The lowest BCUT2D eigenvalue weighted by Crippen LogP contribution is -2.12. The quantitative estimate of drug-likeness (QED) is 0.826. The van der Waals surface area contributed by atoms with Gasteiger partial charge in [-0.25, -0.2) is 0 Å². The second-order valence-electron chi connectivity index (χ2n) is 4.46. The third kappa shape index (κ3) is 4.53. The number of carbonyl (C=O) groups excluding carboxylic acids is 1. The lowest BCUT2D eigenvalue weighted by atomic mass is 10.1. The summed E-state index contributed by atoms with van der Waals surface area (Å²) in [6.45, 7) is 0. The molecular formula is C15H12Cl3NO2. The number of carbonyl (C=O) groups is 1. The van der Waals surface area contributed by atoms with Crippen LogP contribution in [0.2, 0.25) is 15.1 Å². The first kappa shape index (κ1) is 16.0. The number of benzene rings is 2. The molecule has 21 heavy (non-hydrogen) atoms. The van der Waals surface area contributed by atoms with Gasteiger partial charge in [-0.05, 0) is 42.3 Å². The van der Waals surface area contributed by atoms with Crippen molar-refractivity contribution >= 4 is 46.4 Å². The highest BCUT2D eigenvalue weighted by atomic mass is 35.5. The van der Waals surface area contributed by atoms with Gasteiger partial charge in [0.05, 0.1) is 15.7 Å². The summed E-state index contributed by atoms with van der Waals surface area (Å²) in [4.78, 5) is 11.9. The first-order valence-corrected chi connectivity index (χ1v) is 7.31. The molecule has 110 valence electrons. The SMILES string of the molecule is O=C(CCc1ccc(O)c(Cl)c1)Nc1cc(Cl)ccc1Cl. The van der Waals surface area contributed by atoms with Crippen molar-refractivity contribution < 1.29 is 9.90 Å². The molecule has 0 bridgehead atoms. The van der Waals surface area contributed by atoms with Crippen molar-refractivity contribution in [2.75, 3.05) is 5.32 Å². The maximum absolute atomic E-state index is 11.9. The van der Waals surface area contributed by atoms with Crippen molar-refractivity contribution in [3.05, 3.63) is 57.0 Å². The highest BCUT2D eigenvalue weighted by Gasteiger charge is 2.08. The number of phenols is 1. The minimum atomic E-state index is -0.177. The Morgan fingerprint density at radius 2 is 1.81 bits per heavy atom. The average Bonchev–Trinajstić information content (AvgIpc) is 2.44. The van der Waals surface area contributed by atoms with Gasteiger partial charge in [0.1, 0.15) is 5.75 Å². The maximum atomic E-state index is 11.9. The molecule has 2 aromatic carbocycles. The van der Waals surface area contributed by atoms with E-state index in [1.807, 2.05) is 0 Å². The molecule has 0 saturated carbocycles. The molecule has 0 aliphatic heterocycles. The van der Waals surface area contributed by atoms with Crippen LogP contribution in [-0.4, -0.2) is 11.0 Å². The Balaban J connectivity index is 1.95. The second-order valence-corrected chi connectivity index (χ2v) is 5.71. The number of nitrogens with one attached hydrogen (secondary N) is 1. The van der Waals surface area contributed by atoms with E-state index in [9.17, 15) is 9.90 Å². The standard InChI is InChI=1S/C15H12Cl3NO2/c16-10-3-4-11(17)13(8-10)19-15(21)6-2-9-1-5-14(20)12(18)7-9/h1,3-5,7-8,20H,2,6H2,(H,19,21). The van der Waals surface area contributed by atoms with E-state index in [1.165, 1.54) is 6.07 Å². The van der Waals surface area contributed by atoms with Crippen LogP contribution in [0.3, 0.4) is 0 Å². The minimum Gasteiger partial charge on any atom is -0.506 e. The third-order valence-electron chi connectivity index (χ3n) is 2.86. The average molecular weight is 345 g/mol. The van der Waals surface area contributed by atoms with Crippen LogP contribution in [-0.2, 0) is 11.2 Å². The van der Waals surface area contributed by atoms with Gasteiger partial charge >= 0.3 is 0 Å². The Bertz CT molecular complexity index is 674. The predicted molar refractivity (Wildman–Crippen MR) is 86.5 cm³/mol.